The zero-order chi connectivity index (χ0) is 16.5. The van der Waals surface area contributed by atoms with Gasteiger partial charge in [0.05, 0.1) is 11.6 Å². The van der Waals surface area contributed by atoms with Crippen LogP contribution in [-0.2, 0) is 9.63 Å². The summed E-state index contributed by atoms with van der Waals surface area (Å²) in [6.45, 7) is 14.6. The van der Waals surface area contributed by atoms with E-state index in [1.54, 1.807) is 6.21 Å². The van der Waals surface area contributed by atoms with Gasteiger partial charge in [0.1, 0.15) is 6.61 Å². The van der Waals surface area contributed by atoms with Crippen molar-refractivity contribution in [2.45, 2.75) is 54.9 Å². The van der Waals surface area contributed by atoms with Gasteiger partial charge in [-0.25, -0.2) is 0 Å². The van der Waals surface area contributed by atoms with Crippen LogP contribution in [0.3, 0.4) is 0 Å². The molecule has 0 amide bonds. The molecule has 0 spiro atoms. The Hall–Kier alpha value is -1.32. The van der Waals surface area contributed by atoms with Crippen molar-refractivity contribution >= 4 is 12.2 Å². The van der Waals surface area contributed by atoms with E-state index < -0.39 is 11.4 Å². The number of aliphatic carboxylic acids is 1. The van der Waals surface area contributed by atoms with E-state index in [4.69, 9.17) is 4.84 Å². The molecular formula is C17H29NO3. The molecule has 1 N–H and O–H groups in total. The molecule has 120 valence electrons. The zero-order valence-electron chi connectivity index (χ0n) is 14.4. The number of nitrogens with zero attached hydrogens (tertiary/aromatic N) is 1. The Morgan fingerprint density at radius 2 is 1.95 bits per heavy atom. The Labute approximate surface area is 128 Å². The summed E-state index contributed by atoms with van der Waals surface area (Å²) < 4.78 is 0. The van der Waals surface area contributed by atoms with Gasteiger partial charge in [-0.3, -0.25) is 4.79 Å². The molecule has 1 fully saturated rings. The highest BCUT2D eigenvalue weighted by Crippen LogP contribution is 2.76. The lowest BCUT2D eigenvalue weighted by Gasteiger charge is -2.30. The van der Waals surface area contributed by atoms with E-state index in [9.17, 15) is 9.90 Å². The summed E-state index contributed by atoms with van der Waals surface area (Å²) in [5.74, 6) is -0.714. The number of hydrogen-bond donors (Lipinski definition) is 1. The molecule has 4 heteroatoms. The molecule has 4 nitrogen and oxygen atoms in total. The van der Waals surface area contributed by atoms with Crippen molar-refractivity contribution in [2.24, 2.45) is 27.3 Å². The van der Waals surface area contributed by atoms with Crippen molar-refractivity contribution in [1.29, 1.82) is 0 Å². The van der Waals surface area contributed by atoms with Crippen LogP contribution in [0, 0.1) is 22.2 Å². The number of allylic oxidation sites excluding steroid dienone is 2. The van der Waals surface area contributed by atoms with Crippen LogP contribution in [0.25, 0.3) is 0 Å². The lowest BCUT2D eigenvalue weighted by Crippen LogP contribution is -2.35. The van der Waals surface area contributed by atoms with Gasteiger partial charge >= 0.3 is 5.97 Å². The second-order valence-corrected chi connectivity index (χ2v) is 7.54. The fourth-order valence-corrected chi connectivity index (χ4v) is 3.87. The average molecular weight is 295 g/mol. The van der Waals surface area contributed by atoms with Gasteiger partial charge in [-0.05, 0) is 29.7 Å². The average Bonchev–Trinajstić information content (AvgIpc) is 2.81. The Kier molecular flexibility index (Phi) is 4.91. The molecule has 0 aromatic heterocycles. The first kappa shape index (κ1) is 17.7. The maximum Gasteiger partial charge on any atom is 0.311 e. The molecule has 0 unspecified atom stereocenters. The fraction of sp³-hybridized carbons (Fsp3) is 0.765. The first-order valence-corrected chi connectivity index (χ1v) is 7.60. The van der Waals surface area contributed by atoms with Crippen LogP contribution < -0.4 is 0 Å². The summed E-state index contributed by atoms with van der Waals surface area (Å²) in [5, 5.41) is 13.7. The summed E-state index contributed by atoms with van der Waals surface area (Å²) in [5.41, 5.74) is -0.369. The largest absolute Gasteiger partial charge is 0.481 e. The molecule has 0 aromatic rings. The SMILES string of the molecule is CCCO/N=C/C(C)=C[C@@H]1C(C)(C)[C@]1(C(=O)O)C(C)(C)C. The quantitative estimate of drug-likeness (QED) is 0.455. The summed E-state index contributed by atoms with van der Waals surface area (Å²) in [6, 6.07) is 0. The number of hydrogen-bond acceptors (Lipinski definition) is 3. The van der Waals surface area contributed by atoms with Gasteiger partial charge in [-0.1, -0.05) is 52.8 Å². The maximum absolute atomic E-state index is 11.9. The summed E-state index contributed by atoms with van der Waals surface area (Å²) >= 11 is 0. The standard InChI is InChI=1S/C17H29NO3/c1-8-9-21-18-11-12(2)10-13-16(6,7)17(13,14(19)20)15(3,4)5/h10-11,13H,8-9H2,1-7H3,(H,19,20)/b12-10?,18-11+/t13-,17-/m1/s1. The molecule has 0 heterocycles. The third kappa shape index (κ3) is 2.85. The van der Waals surface area contributed by atoms with Crippen LogP contribution in [0.2, 0.25) is 0 Å². The van der Waals surface area contributed by atoms with Crippen molar-refractivity contribution in [3.8, 4) is 0 Å². The first-order valence-electron chi connectivity index (χ1n) is 7.60. The number of rotatable bonds is 6. The number of carboxylic acid groups (broad SMARTS) is 1. The van der Waals surface area contributed by atoms with E-state index >= 15 is 0 Å². The van der Waals surface area contributed by atoms with Crippen LogP contribution in [0.1, 0.15) is 54.9 Å². The first-order chi connectivity index (χ1) is 9.53. The number of carboxylic acids is 1. The molecule has 0 radical (unpaired) electrons. The highest BCUT2D eigenvalue weighted by atomic mass is 16.6. The minimum atomic E-state index is -0.737. The van der Waals surface area contributed by atoms with E-state index in [1.807, 2.05) is 54.5 Å². The number of oxime groups is 1. The topological polar surface area (TPSA) is 58.9 Å². The van der Waals surface area contributed by atoms with Crippen LogP contribution in [0.15, 0.2) is 16.8 Å². The van der Waals surface area contributed by atoms with Gasteiger partial charge in [0.2, 0.25) is 0 Å². The summed E-state index contributed by atoms with van der Waals surface area (Å²) in [4.78, 5) is 17.0. The van der Waals surface area contributed by atoms with Gasteiger partial charge in [0, 0.05) is 5.92 Å². The van der Waals surface area contributed by atoms with Gasteiger partial charge in [0.25, 0.3) is 0 Å². The van der Waals surface area contributed by atoms with E-state index in [0.29, 0.717) is 6.61 Å². The highest BCUT2D eigenvalue weighted by Gasteiger charge is 2.79. The molecule has 1 saturated carbocycles. The normalized spacial score (nSPS) is 28.7. The van der Waals surface area contributed by atoms with Gasteiger partial charge in [0.15, 0.2) is 0 Å². The predicted octanol–water partition coefficient (Wildman–Crippen LogP) is 4.12. The molecule has 2 atom stereocenters. The Balaban J connectivity index is 2.99. The van der Waals surface area contributed by atoms with Crippen molar-refractivity contribution in [2.75, 3.05) is 6.61 Å². The lowest BCUT2D eigenvalue weighted by atomic mass is 9.72. The van der Waals surface area contributed by atoms with Crippen LogP contribution in [0.4, 0.5) is 0 Å². The van der Waals surface area contributed by atoms with E-state index in [1.165, 1.54) is 0 Å². The Bertz CT molecular complexity index is 457. The Morgan fingerprint density at radius 3 is 2.33 bits per heavy atom. The van der Waals surface area contributed by atoms with Crippen molar-refractivity contribution < 1.29 is 14.7 Å². The molecule has 0 aliphatic heterocycles. The van der Waals surface area contributed by atoms with Gasteiger partial charge in [-0.15, -0.1) is 0 Å². The van der Waals surface area contributed by atoms with Crippen LogP contribution in [-0.4, -0.2) is 23.9 Å². The minimum Gasteiger partial charge on any atom is -0.481 e. The van der Waals surface area contributed by atoms with E-state index in [0.717, 1.165) is 12.0 Å². The van der Waals surface area contributed by atoms with Crippen molar-refractivity contribution in [3.63, 3.8) is 0 Å². The van der Waals surface area contributed by atoms with Crippen LogP contribution >= 0.6 is 0 Å². The molecule has 1 rings (SSSR count). The third-order valence-electron chi connectivity index (χ3n) is 4.75. The minimum absolute atomic E-state index is 0.000116. The second kappa shape index (κ2) is 5.82. The predicted molar refractivity (Wildman–Crippen MR) is 85.3 cm³/mol. The van der Waals surface area contributed by atoms with E-state index in [-0.39, 0.29) is 16.7 Å². The second-order valence-electron chi connectivity index (χ2n) is 7.54. The smallest absolute Gasteiger partial charge is 0.311 e. The van der Waals surface area contributed by atoms with Gasteiger partial charge < -0.3 is 9.94 Å². The molecule has 21 heavy (non-hydrogen) atoms. The van der Waals surface area contributed by atoms with Crippen molar-refractivity contribution in [3.05, 3.63) is 11.6 Å². The maximum atomic E-state index is 11.9. The third-order valence-corrected chi connectivity index (χ3v) is 4.75. The molecule has 0 aromatic carbocycles. The number of carbonyl (C=O) groups is 1. The molecule has 0 bridgehead atoms. The fourth-order valence-electron chi connectivity index (χ4n) is 3.87. The monoisotopic (exact) mass is 295 g/mol. The van der Waals surface area contributed by atoms with Crippen molar-refractivity contribution in [1.82, 2.24) is 0 Å². The van der Waals surface area contributed by atoms with Gasteiger partial charge in [-0.2, -0.15) is 0 Å². The zero-order valence-corrected chi connectivity index (χ0v) is 14.4. The molecule has 1 aliphatic rings. The summed E-state index contributed by atoms with van der Waals surface area (Å²) in [7, 11) is 0. The summed E-state index contributed by atoms with van der Waals surface area (Å²) in [6.07, 6.45) is 4.61. The van der Waals surface area contributed by atoms with E-state index in [2.05, 4.69) is 5.16 Å². The molecular weight excluding hydrogens is 266 g/mol. The lowest BCUT2D eigenvalue weighted by molar-refractivity contribution is -0.150. The highest BCUT2D eigenvalue weighted by molar-refractivity contribution is 5.84. The Morgan fingerprint density at radius 1 is 1.38 bits per heavy atom. The molecule has 0 saturated heterocycles. The van der Waals surface area contributed by atoms with Crippen LogP contribution in [0.5, 0.6) is 0 Å². The molecule has 1 aliphatic carbocycles.